The molecule has 0 saturated heterocycles. The summed E-state index contributed by atoms with van der Waals surface area (Å²) in [5, 5.41) is 5.20. The van der Waals surface area contributed by atoms with Crippen LogP contribution in [0.5, 0.6) is 0 Å². The van der Waals surface area contributed by atoms with Crippen molar-refractivity contribution in [3.8, 4) is 22.3 Å². The third-order valence-electron chi connectivity index (χ3n) is 4.94. The Morgan fingerprint density at radius 2 is 1.19 bits per heavy atom. The van der Waals surface area contributed by atoms with Crippen LogP contribution in [0.15, 0.2) is 103 Å². The maximum absolute atomic E-state index is 2.32. The summed E-state index contributed by atoms with van der Waals surface area (Å²) < 4.78 is 0. The number of rotatable bonds is 2. The van der Waals surface area contributed by atoms with Crippen LogP contribution in [0.4, 0.5) is 0 Å². The summed E-state index contributed by atoms with van der Waals surface area (Å²) in [6.45, 7) is 0. The fourth-order valence-corrected chi connectivity index (χ4v) is 3.73. The van der Waals surface area contributed by atoms with Gasteiger partial charge in [0.2, 0.25) is 0 Å². The molecule has 0 heterocycles. The smallest absolute Gasteiger partial charge is 0 e. The molecule has 0 N–H and O–H groups in total. The molecular formula is C25H17Hf-. The molecule has 0 radical (unpaired) electrons. The maximum Gasteiger partial charge on any atom is 0 e. The van der Waals surface area contributed by atoms with Crippen molar-refractivity contribution in [1.29, 1.82) is 0 Å². The predicted octanol–water partition coefficient (Wildman–Crippen LogP) is 7.04. The van der Waals surface area contributed by atoms with Crippen molar-refractivity contribution in [3.63, 3.8) is 0 Å². The maximum atomic E-state index is 2.32. The Morgan fingerprint density at radius 1 is 0.538 bits per heavy atom. The molecule has 5 aromatic carbocycles. The van der Waals surface area contributed by atoms with Crippen LogP contribution in [0.1, 0.15) is 0 Å². The van der Waals surface area contributed by atoms with Crippen molar-refractivity contribution in [3.05, 3.63) is 103 Å². The van der Waals surface area contributed by atoms with Crippen molar-refractivity contribution in [2.45, 2.75) is 0 Å². The first-order valence-corrected chi connectivity index (χ1v) is 8.63. The van der Waals surface area contributed by atoms with E-state index in [0.717, 1.165) is 0 Å². The van der Waals surface area contributed by atoms with Crippen LogP contribution in [-0.4, -0.2) is 0 Å². The average Bonchev–Trinajstić information content (AvgIpc) is 3.13. The van der Waals surface area contributed by atoms with Crippen LogP contribution in [0.25, 0.3) is 43.8 Å². The van der Waals surface area contributed by atoms with Crippen LogP contribution < -0.4 is 0 Å². The molecule has 0 aliphatic heterocycles. The molecule has 0 bridgehead atoms. The molecule has 0 aromatic heterocycles. The van der Waals surface area contributed by atoms with Crippen molar-refractivity contribution in [2.75, 3.05) is 0 Å². The van der Waals surface area contributed by atoms with E-state index in [1.54, 1.807) is 0 Å². The molecule has 5 aromatic rings. The van der Waals surface area contributed by atoms with Crippen LogP contribution >= 0.6 is 0 Å². The SMILES string of the molecule is [Hf].c1ccc(-c2cc3c(-c4cccc5ccccc45)cccc3[cH-]2)cc1. The second kappa shape index (κ2) is 7.09. The predicted molar refractivity (Wildman–Crippen MR) is 108 cm³/mol. The van der Waals surface area contributed by atoms with Gasteiger partial charge in [-0.3, -0.25) is 0 Å². The molecule has 0 amide bonds. The first-order valence-electron chi connectivity index (χ1n) is 8.63. The fourth-order valence-electron chi connectivity index (χ4n) is 3.73. The molecule has 0 aliphatic rings. The number of benzene rings is 4. The molecule has 0 unspecified atom stereocenters. The Balaban J connectivity index is 0.00000168. The number of hydrogen-bond acceptors (Lipinski definition) is 0. The molecule has 26 heavy (non-hydrogen) atoms. The Kier molecular flexibility index (Phi) is 4.65. The average molecular weight is 496 g/mol. The first kappa shape index (κ1) is 17.1. The quantitative estimate of drug-likeness (QED) is 0.182. The zero-order valence-electron chi connectivity index (χ0n) is 14.3. The van der Waals surface area contributed by atoms with Gasteiger partial charge in [0, 0.05) is 25.8 Å². The molecule has 0 aliphatic carbocycles. The molecule has 5 rings (SSSR count). The Morgan fingerprint density at radius 3 is 2.04 bits per heavy atom. The van der Waals surface area contributed by atoms with E-state index in [-0.39, 0.29) is 25.8 Å². The van der Waals surface area contributed by atoms with E-state index >= 15 is 0 Å². The van der Waals surface area contributed by atoms with Crippen LogP contribution in [0.2, 0.25) is 0 Å². The molecular weight excluding hydrogens is 479 g/mol. The summed E-state index contributed by atoms with van der Waals surface area (Å²) >= 11 is 0. The van der Waals surface area contributed by atoms with Gasteiger partial charge in [0.25, 0.3) is 0 Å². The Bertz CT molecular complexity index is 1180. The van der Waals surface area contributed by atoms with Crippen LogP contribution in [0.3, 0.4) is 0 Å². The summed E-state index contributed by atoms with van der Waals surface area (Å²) in [5.74, 6) is 0. The molecule has 122 valence electrons. The zero-order valence-corrected chi connectivity index (χ0v) is 17.9. The van der Waals surface area contributed by atoms with Gasteiger partial charge in [-0.1, -0.05) is 96.1 Å². The standard InChI is InChI=1S/C25H17.Hf/c1-2-8-18(9-3-1)21-16-20-12-7-15-24(25(20)17-21)23-14-6-11-19-10-4-5-13-22(19)23;/h1-17H;/q-1;. The van der Waals surface area contributed by atoms with Gasteiger partial charge in [0.15, 0.2) is 0 Å². The van der Waals surface area contributed by atoms with Gasteiger partial charge in [-0.25, -0.2) is 0 Å². The van der Waals surface area contributed by atoms with Crippen LogP contribution in [0, 0.1) is 0 Å². The molecule has 0 saturated carbocycles. The normalized spacial score (nSPS) is 10.8. The molecule has 0 nitrogen and oxygen atoms in total. The van der Waals surface area contributed by atoms with Gasteiger partial charge in [0.1, 0.15) is 0 Å². The van der Waals surface area contributed by atoms with Gasteiger partial charge in [-0.05, 0) is 16.3 Å². The summed E-state index contributed by atoms with van der Waals surface area (Å²) in [7, 11) is 0. The van der Waals surface area contributed by atoms with E-state index in [9.17, 15) is 0 Å². The molecule has 1 heteroatoms. The van der Waals surface area contributed by atoms with E-state index < -0.39 is 0 Å². The molecule has 0 atom stereocenters. The van der Waals surface area contributed by atoms with Gasteiger partial charge in [-0.15, -0.1) is 34.5 Å². The summed E-state index contributed by atoms with van der Waals surface area (Å²) in [4.78, 5) is 0. The first-order chi connectivity index (χ1) is 12.4. The third kappa shape index (κ3) is 2.87. The molecule has 0 fully saturated rings. The minimum absolute atomic E-state index is 0. The van der Waals surface area contributed by atoms with E-state index in [1.165, 1.54) is 43.8 Å². The second-order valence-electron chi connectivity index (χ2n) is 6.45. The van der Waals surface area contributed by atoms with Gasteiger partial charge in [-0.2, -0.15) is 0 Å². The van der Waals surface area contributed by atoms with Crippen molar-refractivity contribution in [2.24, 2.45) is 0 Å². The topological polar surface area (TPSA) is 0 Å². The number of hydrogen-bond donors (Lipinski definition) is 0. The van der Waals surface area contributed by atoms with Crippen molar-refractivity contribution >= 4 is 21.5 Å². The minimum Gasteiger partial charge on any atom is -0.144 e. The Labute approximate surface area is 172 Å². The zero-order chi connectivity index (χ0) is 16.6. The fraction of sp³-hybridized carbons (Fsp3) is 0. The van der Waals surface area contributed by atoms with Crippen molar-refractivity contribution in [1.82, 2.24) is 0 Å². The van der Waals surface area contributed by atoms with E-state index in [2.05, 4.69) is 103 Å². The monoisotopic (exact) mass is 497 g/mol. The summed E-state index contributed by atoms with van der Waals surface area (Å²) in [6, 6.07) is 37.0. The minimum atomic E-state index is 0. The summed E-state index contributed by atoms with van der Waals surface area (Å²) in [5.41, 5.74) is 5.15. The van der Waals surface area contributed by atoms with Gasteiger partial charge < -0.3 is 0 Å². The largest absolute Gasteiger partial charge is 0.144 e. The molecule has 0 spiro atoms. The van der Waals surface area contributed by atoms with Crippen LogP contribution in [-0.2, 0) is 25.8 Å². The Hall–Kier alpha value is -2.38. The van der Waals surface area contributed by atoms with E-state index in [1.807, 2.05) is 0 Å². The summed E-state index contributed by atoms with van der Waals surface area (Å²) in [6.07, 6.45) is 0. The number of fused-ring (bicyclic) bond motifs is 2. The van der Waals surface area contributed by atoms with Gasteiger partial charge >= 0.3 is 0 Å². The van der Waals surface area contributed by atoms with E-state index in [0.29, 0.717) is 0 Å². The van der Waals surface area contributed by atoms with Crippen molar-refractivity contribution < 1.29 is 25.8 Å². The third-order valence-corrected chi connectivity index (χ3v) is 4.94. The second-order valence-corrected chi connectivity index (χ2v) is 6.45. The van der Waals surface area contributed by atoms with E-state index in [4.69, 9.17) is 0 Å². The van der Waals surface area contributed by atoms with Gasteiger partial charge in [0.05, 0.1) is 0 Å².